The molecule has 1 aromatic carbocycles. The van der Waals surface area contributed by atoms with Gasteiger partial charge in [0.2, 0.25) is 0 Å². The van der Waals surface area contributed by atoms with Crippen LogP contribution in [0, 0.1) is 32.6 Å². The molecule has 0 spiro atoms. The van der Waals surface area contributed by atoms with Gasteiger partial charge in [-0.2, -0.15) is 0 Å². The van der Waals surface area contributed by atoms with E-state index >= 15 is 0 Å². The summed E-state index contributed by atoms with van der Waals surface area (Å²) in [6, 6.07) is 4.29. The lowest BCUT2D eigenvalue weighted by Crippen LogP contribution is -2.05. The topological polar surface area (TPSA) is 0 Å². The highest BCUT2D eigenvalue weighted by molar-refractivity contribution is 6.25. The molecule has 0 unspecified atom stereocenters. The van der Waals surface area contributed by atoms with Crippen LogP contribution in [0.5, 0.6) is 0 Å². The van der Waals surface area contributed by atoms with Gasteiger partial charge in [-0.05, 0) is 57.4 Å². The molecule has 0 fully saturated rings. The number of hydrogen-bond acceptors (Lipinski definition) is 0. The van der Waals surface area contributed by atoms with E-state index in [-0.39, 0.29) is 0 Å². The van der Waals surface area contributed by atoms with Crippen LogP contribution < -0.4 is 0 Å². The minimum Gasteiger partial charge on any atom is -0.106 e. The second-order valence-corrected chi connectivity index (χ2v) is 5.42. The molecule has 1 rings (SSSR count). The Morgan fingerprint density at radius 3 is 2.07 bits per heavy atom. The van der Waals surface area contributed by atoms with E-state index in [4.69, 9.17) is 11.6 Å². The molecule has 0 atom stereocenters. The molecule has 0 aliphatic carbocycles. The summed E-state index contributed by atoms with van der Waals surface area (Å²) in [5.74, 6) is 6.18. The maximum absolute atomic E-state index is 6.03. The third-order valence-corrected chi connectivity index (χ3v) is 2.43. The molecule has 0 aliphatic heterocycles. The summed E-state index contributed by atoms with van der Waals surface area (Å²) in [5.41, 5.74) is 4.87. The minimum absolute atomic E-state index is 0.453. The molecule has 80 valence electrons. The van der Waals surface area contributed by atoms with Crippen LogP contribution >= 0.6 is 11.6 Å². The predicted octanol–water partition coefficient (Wildman–Crippen LogP) is 3.98. The summed E-state index contributed by atoms with van der Waals surface area (Å²) in [6.45, 7) is 10.1. The zero-order valence-corrected chi connectivity index (χ0v) is 10.8. The van der Waals surface area contributed by atoms with Gasteiger partial charge in [0.1, 0.15) is 0 Å². The van der Waals surface area contributed by atoms with Gasteiger partial charge in [0.15, 0.2) is 0 Å². The Morgan fingerprint density at radius 1 is 1.00 bits per heavy atom. The highest BCUT2D eigenvalue weighted by atomic mass is 35.5. The Kier molecular flexibility index (Phi) is 3.47. The van der Waals surface area contributed by atoms with Crippen molar-refractivity contribution in [2.24, 2.45) is 0 Å². The fourth-order valence-electron chi connectivity index (χ4n) is 1.31. The molecule has 0 saturated carbocycles. The van der Waals surface area contributed by atoms with Crippen LogP contribution in [0.15, 0.2) is 12.1 Å². The molecular formula is C14H17Cl. The van der Waals surface area contributed by atoms with Crippen LogP contribution in [0.2, 0.25) is 0 Å². The molecule has 1 heteroatoms. The van der Waals surface area contributed by atoms with Gasteiger partial charge in [-0.25, -0.2) is 0 Å². The first-order chi connectivity index (χ1) is 6.79. The number of rotatable bonds is 0. The molecule has 0 bridgehead atoms. The Hall–Kier alpha value is -0.930. The van der Waals surface area contributed by atoms with Gasteiger partial charge in [-0.3, -0.25) is 0 Å². The second kappa shape index (κ2) is 4.29. The van der Waals surface area contributed by atoms with E-state index in [0.717, 1.165) is 5.56 Å². The van der Waals surface area contributed by atoms with Gasteiger partial charge in [0.25, 0.3) is 0 Å². The van der Waals surface area contributed by atoms with Crippen molar-refractivity contribution >= 4 is 11.6 Å². The molecule has 0 aromatic heterocycles. The lowest BCUT2D eigenvalue weighted by atomic mass is 10.0. The van der Waals surface area contributed by atoms with Crippen LogP contribution in [-0.4, -0.2) is 4.87 Å². The summed E-state index contributed by atoms with van der Waals surface area (Å²) in [7, 11) is 0. The average Bonchev–Trinajstić information content (AvgIpc) is 2.07. The molecule has 15 heavy (non-hydrogen) atoms. The van der Waals surface area contributed by atoms with Crippen molar-refractivity contribution in [1.29, 1.82) is 0 Å². The van der Waals surface area contributed by atoms with Gasteiger partial charge < -0.3 is 0 Å². The minimum atomic E-state index is -0.453. The van der Waals surface area contributed by atoms with Crippen molar-refractivity contribution in [3.63, 3.8) is 0 Å². The quantitative estimate of drug-likeness (QED) is 0.458. The zero-order valence-electron chi connectivity index (χ0n) is 10.0. The molecule has 0 heterocycles. The van der Waals surface area contributed by atoms with Crippen LogP contribution in [0.4, 0.5) is 0 Å². The van der Waals surface area contributed by atoms with Gasteiger partial charge in [-0.1, -0.05) is 17.9 Å². The Balaban J connectivity index is 3.15. The van der Waals surface area contributed by atoms with Crippen LogP contribution in [0.1, 0.15) is 36.1 Å². The van der Waals surface area contributed by atoms with E-state index in [0.29, 0.717) is 0 Å². The fraction of sp³-hybridized carbons (Fsp3) is 0.429. The molecule has 0 N–H and O–H groups in total. The number of hydrogen-bond donors (Lipinski definition) is 0. The van der Waals surface area contributed by atoms with E-state index in [1.807, 2.05) is 13.8 Å². The third-order valence-electron chi connectivity index (χ3n) is 2.34. The zero-order chi connectivity index (χ0) is 11.6. The van der Waals surface area contributed by atoms with E-state index in [2.05, 4.69) is 44.7 Å². The van der Waals surface area contributed by atoms with Gasteiger partial charge >= 0.3 is 0 Å². The highest BCUT2D eigenvalue weighted by Gasteiger charge is 2.07. The Labute approximate surface area is 97.7 Å². The normalized spacial score (nSPS) is 10.8. The molecule has 0 amide bonds. The molecule has 0 nitrogen and oxygen atoms in total. The van der Waals surface area contributed by atoms with Crippen molar-refractivity contribution < 1.29 is 0 Å². The second-order valence-electron chi connectivity index (χ2n) is 4.47. The summed E-state index contributed by atoms with van der Waals surface area (Å²) >= 11 is 6.03. The summed E-state index contributed by atoms with van der Waals surface area (Å²) in [5, 5.41) is 0. The number of halogens is 1. The van der Waals surface area contributed by atoms with Gasteiger partial charge in [-0.15, -0.1) is 11.6 Å². The fourth-order valence-corrected chi connectivity index (χ4v) is 1.36. The van der Waals surface area contributed by atoms with Crippen molar-refractivity contribution in [1.82, 2.24) is 0 Å². The maximum Gasteiger partial charge on any atom is 0.0997 e. The van der Waals surface area contributed by atoms with Crippen molar-refractivity contribution in [2.75, 3.05) is 0 Å². The van der Waals surface area contributed by atoms with Crippen molar-refractivity contribution in [3.8, 4) is 11.8 Å². The first-order valence-corrected chi connectivity index (χ1v) is 5.47. The molecule has 0 saturated heterocycles. The molecule has 0 radical (unpaired) electrons. The lowest BCUT2D eigenvalue weighted by Gasteiger charge is -2.06. The summed E-state index contributed by atoms with van der Waals surface area (Å²) in [4.78, 5) is -0.453. The predicted molar refractivity (Wildman–Crippen MR) is 67.5 cm³/mol. The number of aryl methyl sites for hydroxylation is 3. The first kappa shape index (κ1) is 12.1. The van der Waals surface area contributed by atoms with Crippen LogP contribution in [-0.2, 0) is 0 Å². The Morgan fingerprint density at radius 2 is 1.53 bits per heavy atom. The van der Waals surface area contributed by atoms with Gasteiger partial charge in [0, 0.05) is 5.56 Å². The molecule has 0 aliphatic rings. The average molecular weight is 221 g/mol. The summed E-state index contributed by atoms with van der Waals surface area (Å²) < 4.78 is 0. The van der Waals surface area contributed by atoms with E-state index in [1.54, 1.807) is 0 Å². The van der Waals surface area contributed by atoms with E-state index in [1.165, 1.54) is 16.7 Å². The third kappa shape index (κ3) is 3.61. The monoisotopic (exact) mass is 220 g/mol. The standard InChI is InChI=1S/C14H17Cl/c1-10-8-12(3)13(9-11(10)2)6-7-14(4,5)15/h8-9H,1-5H3. The van der Waals surface area contributed by atoms with E-state index in [9.17, 15) is 0 Å². The number of benzene rings is 1. The van der Waals surface area contributed by atoms with Gasteiger partial charge in [0.05, 0.1) is 4.87 Å². The van der Waals surface area contributed by atoms with E-state index < -0.39 is 4.87 Å². The first-order valence-electron chi connectivity index (χ1n) is 5.09. The summed E-state index contributed by atoms with van der Waals surface area (Å²) in [6.07, 6.45) is 0. The highest BCUT2D eigenvalue weighted by Crippen LogP contribution is 2.16. The SMILES string of the molecule is Cc1cc(C)c(C#CC(C)(C)Cl)cc1C. The van der Waals surface area contributed by atoms with Crippen molar-refractivity contribution in [2.45, 2.75) is 39.5 Å². The molecule has 1 aromatic rings. The van der Waals surface area contributed by atoms with Crippen LogP contribution in [0.25, 0.3) is 0 Å². The lowest BCUT2D eigenvalue weighted by molar-refractivity contribution is 0.917. The Bertz CT molecular complexity index is 425. The van der Waals surface area contributed by atoms with Crippen molar-refractivity contribution in [3.05, 3.63) is 34.4 Å². The molecular weight excluding hydrogens is 204 g/mol. The maximum atomic E-state index is 6.03. The smallest absolute Gasteiger partial charge is 0.0997 e. The number of alkyl halides is 1. The van der Waals surface area contributed by atoms with Crippen LogP contribution in [0.3, 0.4) is 0 Å². The largest absolute Gasteiger partial charge is 0.106 e.